The Morgan fingerprint density at radius 2 is 1.89 bits per heavy atom. The van der Waals surface area contributed by atoms with E-state index in [-0.39, 0.29) is 18.4 Å². The van der Waals surface area contributed by atoms with Gasteiger partial charge >= 0.3 is 218 Å². The van der Waals surface area contributed by atoms with Gasteiger partial charge in [0, 0.05) is 0 Å². The summed E-state index contributed by atoms with van der Waals surface area (Å²) >= 11 is -3.21. The molecule has 0 saturated heterocycles. The number of fused-ring (bicyclic) bond motifs is 1. The van der Waals surface area contributed by atoms with Crippen molar-refractivity contribution in [3.8, 4) is 11.3 Å². The number of nitrogens with zero attached hydrogens (tertiary/aromatic N) is 5. The molecule has 37 heavy (non-hydrogen) atoms. The number of halogens is 4. The summed E-state index contributed by atoms with van der Waals surface area (Å²) in [5, 5.41) is 25.9. The van der Waals surface area contributed by atoms with Crippen molar-refractivity contribution < 1.29 is 37.0 Å². The van der Waals surface area contributed by atoms with E-state index < -0.39 is 36.7 Å². The summed E-state index contributed by atoms with van der Waals surface area (Å²) < 4.78 is 47.4. The van der Waals surface area contributed by atoms with E-state index in [9.17, 15) is 18.3 Å². The molecule has 0 amide bonds. The summed E-state index contributed by atoms with van der Waals surface area (Å²) in [6, 6.07) is 8.75. The van der Waals surface area contributed by atoms with Crippen molar-refractivity contribution in [2.24, 2.45) is 13.0 Å². The van der Waals surface area contributed by atoms with Crippen LogP contribution in [-0.2, 0) is 13.2 Å². The number of benzene rings is 1. The van der Waals surface area contributed by atoms with Gasteiger partial charge in [0.1, 0.15) is 0 Å². The van der Waals surface area contributed by atoms with Crippen LogP contribution in [0.4, 0.5) is 13.2 Å². The molecule has 0 fully saturated rings. The van der Waals surface area contributed by atoms with E-state index in [1.54, 1.807) is 13.3 Å². The van der Waals surface area contributed by atoms with Crippen LogP contribution in [0.1, 0.15) is 43.8 Å². The fourth-order valence-electron chi connectivity index (χ4n) is 4.34. The second kappa shape index (κ2) is 10.3. The molecule has 8 nitrogen and oxygen atoms in total. The molecule has 0 saturated carbocycles. The molecule has 0 spiro atoms. The van der Waals surface area contributed by atoms with E-state index >= 15 is 0 Å². The molecule has 0 radical (unpaired) electrons. The van der Waals surface area contributed by atoms with E-state index in [0.29, 0.717) is 25.9 Å². The average molecular weight is 630 g/mol. The zero-order valence-electron chi connectivity index (χ0n) is 21.6. The van der Waals surface area contributed by atoms with Gasteiger partial charge in [0.2, 0.25) is 0 Å². The van der Waals surface area contributed by atoms with Crippen LogP contribution in [0.5, 0.6) is 0 Å². The number of alkyl halides is 5. The Morgan fingerprint density at radius 3 is 2.49 bits per heavy atom. The molecule has 0 aliphatic rings. The SMILES string of the molecule is CC(C)[C@@H](c1cccc(-c2n[nH]c3c([I-](C)(C)NC[C@H](C)O)nc(C(F)(F)F)cc23)c1)c1nncn1C. The molecule has 0 bridgehead atoms. The first kappa shape index (κ1) is 27.5. The standard InChI is InChI=1S/C25H32F3IN7O/c1-14(2)20(24-35-31-13-36(24)6)16-8-7-9-17(10-16)21-18-11-19(25(26,27)28)32-23(22(18)34-33-21)29(4,5)30-12-15(3)37/h7-11,13-15,20,30,37H,12H2,1-6H3,(H,33,34)/q-1/t15-,20-/m0/s1. The average Bonchev–Trinajstić information content (AvgIpc) is 3.43. The maximum atomic E-state index is 13.9. The van der Waals surface area contributed by atoms with Crippen molar-refractivity contribution in [3.63, 3.8) is 0 Å². The van der Waals surface area contributed by atoms with E-state index in [1.165, 1.54) is 0 Å². The third-order valence-electron chi connectivity index (χ3n) is 6.16. The van der Waals surface area contributed by atoms with Gasteiger partial charge in [0.15, 0.2) is 0 Å². The number of H-pyrrole nitrogens is 1. The molecule has 3 aromatic heterocycles. The Morgan fingerprint density at radius 1 is 1.16 bits per heavy atom. The zero-order chi connectivity index (χ0) is 27.1. The Bertz CT molecular complexity index is 1390. The van der Waals surface area contributed by atoms with Crippen molar-refractivity contribution in [2.75, 3.05) is 16.4 Å². The number of aliphatic hydroxyl groups is 1. The predicted octanol–water partition coefficient (Wildman–Crippen LogP) is 1.04. The fraction of sp³-hybridized carbons (Fsp3) is 0.440. The minimum absolute atomic E-state index is 0.0566. The van der Waals surface area contributed by atoms with Gasteiger partial charge in [-0.15, -0.1) is 0 Å². The molecule has 3 heterocycles. The molecule has 12 heteroatoms. The molecular formula is C25H32F3IN7O-. The Kier molecular flexibility index (Phi) is 7.64. The number of aryl methyl sites for hydroxylation is 1. The first-order valence-corrected chi connectivity index (χ1v) is 18.2. The molecule has 2 atom stereocenters. The second-order valence-electron chi connectivity index (χ2n) is 9.85. The quantitative estimate of drug-likeness (QED) is 0.116. The van der Waals surface area contributed by atoms with E-state index in [2.05, 4.69) is 42.8 Å². The van der Waals surface area contributed by atoms with E-state index in [1.807, 2.05) is 45.7 Å². The molecule has 0 aliphatic carbocycles. The van der Waals surface area contributed by atoms with Gasteiger partial charge in [0.25, 0.3) is 0 Å². The van der Waals surface area contributed by atoms with E-state index in [0.717, 1.165) is 17.5 Å². The maximum absolute atomic E-state index is 13.9. The number of rotatable bonds is 8. The molecule has 0 aliphatic heterocycles. The number of pyridine rings is 1. The van der Waals surface area contributed by atoms with Crippen LogP contribution in [-0.4, -0.2) is 57.6 Å². The van der Waals surface area contributed by atoms with Crippen LogP contribution in [0.15, 0.2) is 36.7 Å². The molecule has 1 aromatic carbocycles. The number of aromatic nitrogens is 6. The summed E-state index contributed by atoms with van der Waals surface area (Å²) in [5.74, 6) is 0.956. The van der Waals surface area contributed by atoms with E-state index in [4.69, 9.17) is 0 Å². The van der Waals surface area contributed by atoms with Crippen molar-refractivity contribution in [1.29, 1.82) is 0 Å². The van der Waals surface area contributed by atoms with Gasteiger partial charge in [-0.1, -0.05) is 0 Å². The summed E-state index contributed by atoms with van der Waals surface area (Å²) in [7, 11) is 1.89. The normalized spacial score (nSPS) is 14.9. The topological polar surface area (TPSA) is 105 Å². The monoisotopic (exact) mass is 630 g/mol. The minimum atomic E-state index is -4.62. The van der Waals surface area contributed by atoms with Crippen molar-refractivity contribution >= 4 is 10.9 Å². The number of hydrogen-bond donors (Lipinski definition) is 3. The van der Waals surface area contributed by atoms with Crippen molar-refractivity contribution in [3.05, 3.63) is 57.4 Å². The Labute approximate surface area is 218 Å². The van der Waals surface area contributed by atoms with Gasteiger partial charge in [-0.05, 0) is 0 Å². The fourth-order valence-corrected chi connectivity index (χ4v) is 9.06. The number of aromatic amines is 1. The molecule has 202 valence electrons. The molecular weight excluding hydrogens is 598 g/mol. The Balaban J connectivity index is 1.88. The van der Waals surface area contributed by atoms with Crippen LogP contribution in [0.25, 0.3) is 22.2 Å². The number of aliphatic hydroxyl groups excluding tert-OH is 1. The Hall–Kier alpha value is -2.58. The van der Waals surface area contributed by atoms with Crippen molar-refractivity contribution in [2.45, 2.75) is 39.0 Å². The molecule has 4 aromatic rings. The first-order chi connectivity index (χ1) is 17.3. The summed E-state index contributed by atoms with van der Waals surface area (Å²) in [5.41, 5.74) is 1.63. The van der Waals surface area contributed by atoms with Gasteiger partial charge in [-0.25, -0.2) is 0 Å². The predicted molar refractivity (Wildman–Crippen MR) is 132 cm³/mol. The van der Waals surface area contributed by atoms with Crippen LogP contribution < -0.4 is 22.2 Å². The second-order valence-corrected chi connectivity index (χ2v) is 18.6. The van der Waals surface area contributed by atoms with Crippen LogP contribution in [0.3, 0.4) is 0 Å². The van der Waals surface area contributed by atoms with Gasteiger partial charge < -0.3 is 0 Å². The summed E-state index contributed by atoms with van der Waals surface area (Å²) in [6.07, 6.45) is -3.59. The summed E-state index contributed by atoms with van der Waals surface area (Å²) in [6.45, 7) is 6.09. The van der Waals surface area contributed by atoms with Gasteiger partial charge in [-0.3, -0.25) is 0 Å². The first-order valence-electron chi connectivity index (χ1n) is 11.8. The van der Waals surface area contributed by atoms with Crippen LogP contribution in [0, 0.1) is 9.62 Å². The summed E-state index contributed by atoms with van der Waals surface area (Å²) in [4.78, 5) is 7.88. The van der Waals surface area contributed by atoms with Crippen molar-refractivity contribution in [1.82, 2.24) is 33.5 Å². The van der Waals surface area contributed by atoms with Gasteiger partial charge in [-0.2, -0.15) is 0 Å². The number of nitrogens with one attached hydrogen (secondary N) is 2. The zero-order valence-corrected chi connectivity index (χ0v) is 23.8. The molecule has 3 N–H and O–H groups in total. The molecule has 4 rings (SSSR count). The van der Waals surface area contributed by atoms with Gasteiger partial charge in [0.05, 0.1) is 0 Å². The molecule has 0 unspecified atom stereocenters. The van der Waals surface area contributed by atoms with Crippen LogP contribution >= 0.6 is 0 Å². The third-order valence-corrected chi connectivity index (χ3v) is 11.8. The third kappa shape index (κ3) is 5.65. The number of hydrogen-bond acceptors (Lipinski definition) is 6. The van der Waals surface area contributed by atoms with Crippen LogP contribution in [0.2, 0.25) is 0 Å².